The number of rotatable bonds is 7. The standard InChI is InChI=1S/C16H26FN3O/c1-18-15(16-5-4-14(17)11-19-16)6-9-20-8-2-3-13(12-20)7-10-21/h4-5,11,13,15,18,21H,2-3,6-10,12H2,1H3. The van der Waals surface area contributed by atoms with Crippen LogP contribution in [0.4, 0.5) is 4.39 Å². The maximum atomic E-state index is 12.9. The van der Waals surface area contributed by atoms with Crippen molar-refractivity contribution in [2.45, 2.75) is 31.7 Å². The Labute approximate surface area is 126 Å². The lowest BCUT2D eigenvalue weighted by molar-refractivity contribution is 0.143. The van der Waals surface area contributed by atoms with Gasteiger partial charge < -0.3 is 15.3 Å². The second-order valence-electron chi connectivity index (χ2n) is 5.85. The zero-order valence-electron chi connectivity index (χ0n) is 12.8. The highest BCUT2D eigenvalue weighted by molar-refractivity contribution is 5.09. The van der Waals surface area contributed by atoms with Crippen molar-refractivity contribution in [3.8, 4) is 0 Å². The van der Waals surface area contributed by atoms with E-state index in [1.807, 2.05) is 7.05 Å². The number of aliphatic hydroxyl groups excluding tert-OH is 1. The molecule has 0 aromatic carbocycles. The molecule has 1 aliphatic rings. The van der Waals surface area contributed by atoms with Gasteiger partial charge in [0, 0.05) is 19.7 Å². The molecular weight excluding hydrogens is 269 g/mol. The molecule has 2 unspecified atom stereocenters. The van der Waals surface area contributed by atoms with Crippen molar-refractivity contribution in [2.75, 3.05) is 33.3 Å². The van der Waals surface area contributed by atoms with Crippen LogP contribution in [0.25, 0.3) is 0 Å². The molecule has 1 aromatic heterocycles. The van der Waals surface area contributed by atoms with E-state index in [1.54, 1.807) is 6.07 Å². The Hall–Kier alpha value is -1.04. The van der Waals surface area contributed by atoms with Gasteiger partial charge in [0.2, 0.25) is 0 Å². The number of aromatic nitrogens is 1. The quantitative estimate of drug-likeness (QED) is 0.807. The van der Waals surface area contributed by atoms with E-state index >= 15 is 0 Å². The molecule has 118 valence electrons. The van der Waals surface area contributed by atoms with Crippen LogP contribution in [-0.2, 0) is 0 Å². The maximum Gasteiger partial charge on any atom is 0.141 e. The Bertz CT molecular complexity index is 410. The van der Waals surface area contributed by atoms with Crippen molar-refractivity contribution >= 4 is 0 Å². The molecule has 2 atom stereocenters. The molecule has 1 aliphatic heterocycles. The average Bonchev–Trinajstić information content (AvgIpc) is 2.50. The first-order chi connectivity index (χ1) is 10.2. The Morgan fingerprint density at radius 2 is 2.38 bits per heavy atom. The zero-order valence-corrected chi connectivity index (χ0v) is 12.8. The van der Waals surface area contributed by atoms with Gasteiger partial charge in [-0.3, -0.25) is 4.98 Å². The molecule has 0 spiro atoms. The van der Waals surface area contributed by atoms with Gasteiger partial charge in [0.1, 0.15) is 5.82 Å². The summed E-state index contributed by atoms with van der Waals surface area (Å²) >= 11 is 0. The Morgan fingerprint density at radius 3 is 3.05 bits per heavy atom. The van der Waals surface area contributed by atoms with Gasteiger partial charge in [-0.2, -0.15) is 0 Å². The van der Waals surface area contributed by atoms with Crippen LogP contribution >= 0.6 is 0 Å². The molecular formula is C16H26FN3O. The molecule has 0 saturated carbocycles. The number of hydrogen-bond donors (Lipinski definition) is 2. The third kappa shape index (κ3) is 5.02. The van der Waals surface area contributed by atoms with Crippen molar-refractivity contribution in [1.82, 2.24) is 15.2 Å². The summed E-state index contributed by atoms with van der Waals surface area (Å²) < 4.78 is 12.9. The van der Waals surface area contributed by atoms with Crippen molar-refractivity contribution in [3.63, 3.8) is 0 Å². The van der Waals surface area contributed by atoms with Crippen LogP contribution in [-0.4, -0.2) is 48.3 Å². The van der Waals surface area contributed by atoms with Gasteiger partial charge in [0.05, 0.1) is 17.9 Å². The minimum absolute atomic E-state index is 0.156. The van der Waals surface area contributed by atoms with Crippen LogP contribution in [0.1, 0.15) is 37.4 Å². The number of halogens is 1. The predicted molar refractivity (Wildman–Crippen MR) is 81.5 cm³/mol. The van der Waals surface area contributed by atoms with E-state index in [9.17, 15) is 4.39 Å². The Kier molecular flexibility index (Phi) is 6.54. The molecule has 1 aromatic rings. The van der Waals surface area contributed by atoms with E-state index in [1.165, 1.54) is 25.1 Å². The minimum atomic E-state index is -0.295. The molecule has 21 heavy (non-hydrogen) atoms. The van der Waals surface area contributed by atoms with Gasteiger partial charge in [-0.05, 0) is 57.3 Å². The van der Waals surface area contributed by atoms with E-state index < -0.39 is 0 Å². The molecule has 4 nitrogen and oxygen atoms in total. The fourth-order valence-electron chi connectivity index (χ4n) is 3.12. The second-order valence-corrected chi connectivity index (χ2v) is 5.85. The van der Waals surface area contributed by atoms with E-state index in [0.29, 0.717) is 5.92 Å². The molecule has 1 fully saturated rings. The van der Waals surface area contributed by atoms with Gasteiger partial charge in [-0.15, -0.1) is 0 Å². The third-order valence-electron chi connectivity index (χ3n) is 4.33. The summed E-state index contributed by atoms with van der Waals surface area (Å²) in [6, 6.07) is 3.37. The summed E-state index contributed by atoms with van der Waals surface area (Å²) in [5.41, 5.74) is 0.891. The normalized spacial score (nSPS) is 21.4. The first-order valence-corrected chi connectivity index (χ1v) is 7.85. The molecule has 0 amide bonds. The monoisotopic (exact) mass is 295 g/mol. The summed E-state index contributed by atoms with van der Waals surface area (Å²) in [4.78, 5) is 6.64. The largest absolute Gasteiger partial charge is 0.396 e. The van der Waals surface area contributed by atoms with E-state index in [2.05, 4.69) is 15.2 Å². The number of piperidine rings is 1. The fourth-order valence-corrected chi connectivity index (χ4v) is 3.12. The van der Waals surface area contributed by atoms with Crippen LogP contribution in [0, 0.1) is 11.7 Å². The second kappa shape index (κ2) is 8.41. The van der Waals surface area contributed by atoms with Crippen LogP contribution in [0.3, 0.4) is 0 Å². The number of likely N-dealkylation sites (tertiary alicyclic amines) is 1. The Balaban J connectivity index is 1.83. The maximum absolute atomic E-state index is 12.9. The number of hydrogen-bond acceptors (Lipinski definition) is 4. The first kappa shape index (κ1) is 16.3. The lowest BCUT2D eigenvalue weighted by atomic mass is 9.95. The third-order valence-corrected chi connectivity index (χ3v) is 4.33. The predicted octanol–water partition coefficient (Wildman–Crippen LogP) is 1.97. The van der Waals surface area contributed by atoms with Gasteiger partial charge in [-0.1, -0.05) is 0 Å². The van der Waals surface area contributed by atoms with Crippen LogP contribution in [0.5, 0.6) is 0 Å². The molecule has 5 heteroatoms. The number of pyridine rings is 1. The van der Waals surface area contributed by atoms with Gasteiger partial charge in [0.15, 0.2) is 0 Å². The highest BCUT2D eigenvalue weighted by Gasteiger charge is 2.20. The SMILES string of the molecule is CNC(CCN1CCCC(CCO)C1)c1ccc(F)cn1. The van der Waals surface area contributed by atoms with Gasteiger partial charge in [0.25, 0.3) is 0 Å². The minimum Gasteiger partial charge on any atom is -0.396 e. The topological polar surface area (TPSA) is 48.4 Å². The number of nitrogens with one attached hydrogen (secondary N) is 1. The fraction of sp³-hybridized carbons (Fsp3) is 0.688. The van der Waals surface area contributed by atoms with E-state index in [-0.39, 0.29) is 18.5 Å². The molecule has 0 aliphatic carbocycles. The number of nitrogens with zero attached hydrogens (tertiary/aromatic N) is 2. The summed E-state index contributed by atoms with van der Waals surface area (Å²) in [6.07, 6.45) is 5.58. The zero-order chi connectivity index (χ0) is 15.1. The highest BCUT2D eigenvalue weighted by atomic mass is 19.1. The molecule has 2 heterocycles. The molecule has 2 rings (SSSR count). The first-order valence-electron chi connectivity index (χ1n) is 7.85. The van der Waals surface area contributed by atoms with Crippen molar-refractivity contribution < 1.29 is 9.50 Å². The summed E-state index contributed by atoms with van der Waals surface area (Å²) in [5, 5.41) is 12.3. The molecule has 0 bridgehead atoms. The lowest BCUT2D eigenvalue weighted by Gasteiger charge is -2.33. The number of aliphatic hydroxyl groups is 1. The summed E-state index contributed by atoms with van der Waals surface area (Å²) in [7, 11) is 1.92. The van der Waals surface area contributed by atoms with Crippen molar-refractivity contribution in [2.24, 2.45) is 5.92 Å². The van der Waals surface area contributed by atoms with E-state index in [4.69, 9.17) is 5.11 Å². The summed E-state index contributed by atoms with van der Waals surface area (Å²) in [6.45, 7) is 3.51. The molecule has 1 saturated heterocycles. The highest BCUT2D eigenvalue weighted by Crippen LogP contribution is 2.21. The lowest BCUT2D eigenvalue weighted by Crippen LogP contribution is -2.37. The average molecular weight is 295 g/mol. The van der Waals surface area contributed by atoms with E-state index in [0.717, 1.165) is 38.2 Å². The molecule has 0 radical (unpaired) electrons. The van der Waals surface area contributed by atoms with Crippen LogP contribution < -0.4 is 5.32 Å². The Morgan fingerprint density at radius 1 is 1.52 bits per heavy atom. The van der Waals surface area contributed by atoms with Gasteiger partial charge >= 0.3 is 0 Å². The smallest absolute Gasteiger partial charge is 0.141 e. The summed E-state index contributed by atoms with van der Waals surface area (Å²) in [5.74, 6) is 0.331. The van der Waals surface area contributed by atoms with Crippen molar-refractivity contribution in [3.05, 3.63) is 29.8 Å². The molecule has 2 N–H and O–H groups in total. The van der Waals surface area contributed by atoms with Crippen LogP contribution in [0.15, 0.2) is 18.3 Å². The van der Waals surface area contributed by atoms with Gasteiger partial charge in [-0.25, -0.2) is 4.39 Å². The van der Waals surface area contributed by atoms with Crippen LogP contribution in [0.2, 0.25) is 0 Å². The van der Waals surface area contributed by atoms with Crippen molar-refractivity contribution in [1.29, 1.82) is 0 Å².